The molecule has 6 aliphatic heterocycles. The number of imide groups is 1. The predicted octanol–water partition coefficient (Wildman–Crippen LogP) is 3.59. The highest BCUT2D eigenvalue weighted by atomic mass is 19.3. The van der Waals surface area contributed by atoms with Gasteiger partial charge in [-0.15, -0.1) is 0 Å². The molecule has 4 fully saturated rings. The van der Waals surface area contributed by atoms with Crippen LogP contribution in [0.5, 0.6) is 11.5 Å². The SMILES string of the molecule is CNC(=O)N1CCc2c(-c3cc(OC)c(CN4CCC(CN5CCC6(CN(c7ccc8c(c7)C(=O)N(C7CCC(=O)NC7=O)C8)C6)C(F)(F)C5)CC4)c(OC)c3)cn(C)c(=O)c2C1. The van der Waals surface area contributed by atoms with Crippen molar-refractivity contribution in [1.82, 2.24) is 34.8 Å². The first-order valence-corrected chi connectivity index (χ1v) is 22.0. The van der Waals surface area contributed by atoms with Crippen LogP contribution in [0.3, 0.4) is 0 Å². The van der Waals surface area contributed by atoms with Crippen LogP contribution in [-0.2, 0) is 42.7 Å². The van der Waals surface area contributed by atoms with Crippen molar-refractivity contribution in [3.8, 4) is 22.6 Å². The van der Waals surface area contributed by atoms with Crippen LogP contribution in [0.25, 0.3) is 11.1 Å². The molecule has 4 saturated heterocycles. The number of alkyl halides is 2. The van der Waals surface area contributed by atoms with Gasteiger partial charge < -0.3 is 34.1 Å². The van der Waals surface area contributed by atoms with E-state index in [9.17, 15) is 24.0 Å². The number of hydrogen-bond donors (Lipinski definition) is 2. The Balaban J connectivity index is 0.793. The Labute approximate surface area is 365 Å². The predicted molar refractivity (Wildman–Crippen MR) is 230 cm³/mol. The van der Waals surface area contributed by atoms with Crippen LogP contribution < -0.4 is 30.6 Å². The molecule has 0 saturated carbocycles. The third-order valence-electron chi connectivity index (χ3n) is 14.6. The monoisotopic (exact) mass is 870 g/mol. The van der Waals surface area contributed by atoms with E-state index in [-0.39, 0.29) is 69.0 Å². The molecule has 1 atom stereocenters. The zero-order chi connectivity index (χ0) is 44.4. The summed E-state index contributed by atoms with van der Waals surface area (Å²) >= 11 is 0. The number of aryl methyl sites for hydroxylation is 1. The average Bonchev–Trinajstić information content (AvgIpc) is 3.58. The molecule has 1 aromatic heterocycles. The molecule has 1 unspecified atom stereocenters. The maximum atomic E-state index is 16.1. The van der Waals surface area contributed by atoms with E-state index in [1.165, 1.54) is 4.90 Å². The number of likely N-dealkylation sites (tertiary alicyclic amines) is 2. The van der Waals surface area contributed by atoms with Crippen molar-refractivity contribution in [1.29, 1.82) is 0 Å². The van der Waals surface area contributed by atoms with Crippen molar-refractivity contribution in [2.24, 2.45) is 18.4 Å². The molecule has 2 aromatic carbocycles. The minimum Gasteiger partial charge on any atom is -0.496 e. The molecule has 9 rings (SSSR count). The van der Waals surface area contributed by atoms with Crippen molar-refractivity contribution in [3.05, 3.63) is 74.7 Å². The van der Waals surface area contributed by atoms with Gasteiger partial charge in [0.25, 0.3) is 17.4 Å². The van der Waals surface area contributed by atoms with Crippen LogP contribution in [-0.4, -0.2) is 134 Å². The van der Waals surface area contributed by atoms with Crippen LogP contribution in [0.15, 0.2) is 41.3 Å². The molecule has 336 valence electrons. The van der Waals surface area contributed by atoms with Crippen molar-refractivity contribution in [2.75, 3.05) is 78.5 Å². The molecule has 63 heavy (non-hydrogen) atoms. The van der Waals surface area contributed by atoms with E-state index in [0.29, 0.717) is 67.6 Å². The highest BCUT2D eigenvalue weighted by Crippen LogP contribution is 2.52. The van der Waals surface area contributed by atoms with Gasteiger partial charge in [-0.1, -0.05) is 6.07 Å². The number of hydrogen-bond acceptors (Lipinski definition) is 10. The Kier molecular flexibility index (Phi) is 11.2. The molecular weight excluding hydrogens is 815 g/mol. The van der Waals surface area contributed by atoms with Gasteiger partial charge in [0.2, 0.25) is 11.8 Å². The zero-order valence-electron chi connectivity index (χ0n) is 36.4. The number of carbonyl (C=O) groups is 4. The maximum absolute atomic E-state index is 16.1. The number of benzene rings is 2. The Hall–Kier alpha value is -5.55. The summed E-state index contributed by atoms with van der Waals surface area (Å²) < 4.78 is 45.7. The number of carbonyl (C=O) groups excluding carboxylic acids is 4. The number of urea groups is 1. The maximum Gasteiger partial charge on any atom is 0.317 e. The number of halogens is 2. The standard InChI is InChI=1S/C46H56F2N8O7/c1-49-44(61)54-15-11-32-34(22-51(2)42(59)35(32)24-54)30-17-38(62-3)36(39(18-30)63-4)23-52-13-9-28(10-14-52)20-53-16-12-45(46(47,48)27-53)25-55(26-45)31-6-5-29-21-56(43(60)33(29)19-31)37-7-8-40(57)50-41(37)58/h5-6,17-19,22,28,37H,7-16,20-21,23-27H2,1-4H3,(H,49,61)(H,50,57,58). The minimum absolute atomic E-state index is 0.124. The number of pyridine rings is 1. The first kappa shape index (κ1) is 42.7. The van der Waals surface area contributed by atoms with E-state index in [0.717, 1.165) is 59.4 Å². The lowest BCUT2D eigenvalue weighted by molar-refractivity contribution is -0.181. The highest BCUT2D eigenvalue weighted by molar-refractivity contribution is 6.05. The van der Waals surface area contributed by atoms with E-state index < -0.39 is 23.3 Å². The molecule has 1 spiro atoms. The van der Waals surface area contributed by atoms with Gasteiger partial charge in [0.15, 0.2) is 0 Å². The fourth-order valence-electron chi connectivity index (χ4n) is 10.8. The number of nitrogens with one attached hydrogen (secondary N) is 2. The Morgan fingerprint density at radius 3 is 2.27 bits per heavy atom. The topological polar surface area (TPSA) is 149 Å². The van der Waals surface area contributed by atoms with E-state index >= 15 is 8.78 Å². The van der Waals surface area contributed by atoms with Gasteiger partial charge in [0.05, 0.1) is 38.3 Å². The minimum atomic E-state index is -2.86. The molecule has 7 heterocycles. The molecule has 0 bridgehead atoms. The van der Waals surface area contributed by atoms with Gasteiger partial charge in [-0.25, -0.2) is 13.6 Å². The largest absolute Gasteiger partial charge is 0.496 e. The molecule has 15 nitrogen and oxygen atoms in total. The van der Waals surface area contributed by atoms with Gasteiger partial charge in [0, 0.05) is 88.4 Å². The summed E-state index contributed by atoms with van der Waals surface area (Å²) in [5.41, 5.74) is 4.96. The molecular formula is C46H56F2N8O7. The average molecular weight is 871 g/mol. The number of aromatic nitrogens is 1. The van der Waals surface area contributed by atoms with Crippen LogP contribution >= 0.6 is 0 Å². The Morgan fingerprint density at radius 1 is 0.873 bits per heavy atom. The number of nitrogens with zero attached hydrogens (tertiary/aromatic N) is 6. The number of fused-ring (bicyclic) bond motifs is 2. The number of rotatable bonds is 9. The summed E-state index contributed by atoms with van der Waals surface area (Å²) in [5, 5.41) is 4.98. The van der Waals surface area contributed by atoms with Gasteiger partial charge >= 0.3 is 6.03 Å². The van der Waals surface area contributed by atoms with Gasteiger partial charge in [-0.2, -0.15) is 0 Å². The second-order valence-electron chi connectivity index (χ2n) is 18.3. The lowest BCUT2D eigenvalue weighted by atomic mass is 9.68. The summed E-state index contributed by atoms with van der Waals surface area (Å²) in [6.07, 6.45) is 5.02. The normalized spacial score (nSPS) is 22.4. The number of ether oxygens (including phenoxy) is 2. The number of amides is 5. The third-order valence-corrected chi connectivity index (χ3v) is 14.6. The Bertz CT molecular complexity index is 2380. The van der Waals surface area contributed by atoms with Gasteiger partial charge in [-0.3, -0.25) is 34.3 Å². The number of piperidine rings is 3. The molecule has 6 aliphatic rings. The smallest absolute Gasteiger partial charge is 0.317 e. The van der Waals surface area contributed by atoms with Crippen LogP contribution in [0.4, 0.5) is 19.3 Å². The fraction of sp³-hybridized carbons (Fsp3) is 0.543. The van der Waals surface area contributed by atoms with Crippen molar-refractivity contribution >= 4 is 29.4 Å². The molecule has 3 aromatic rings. The second kappa shape index (κ2) is 16.5. The quantitative estimate of drug-likeness (QED) is 0.306. The number of anilines is 1. The number of methoxy groups -OCH3 is 2. The molecule has 2 N–H and O–H groups in total. The summed E-state index contributed by atoms with van der Waals surface area (Å²) in [7, 11) is 6.58. The van der Waals surface area contributed by atoms with E-state index in [1.54, 1.807) is 43.8 Å². The summed E-state index contributed by atoms with van der Waals surface area (Å²) in [6, 6.07) is 8.56. The van der Waals surface area contributed by atoms with Crippen LogP contribution in [0.1, 0.15) is 64.7 Å². The first-order valence-electron chi connectivity index (χ1n) is 22.0. The summed E-state index contributed by atoms with van der Waals surface area (Å²) in [5.74, 6) is -2.28. The van der Waals surface area contributed by atoms with Crippen LogP contribution in [0, 0.1) is 11.3 Å². The second-order valence-corrected chi connectivity index (χ2v) is 18.3. The third kappa shape index (κ3) is 7.70. The molecule has 0 aliphatic carbocycles. The zero-order valence-corrected chi connectivity index (χ0v) is 36.4. The lowest BCUT2D eigenvalue weighted by Crippen LogP contribution is -2.70. The lowest BCUT2D eigenvalue weighted by Gasteiger charge is -2.58. The molecule has 5 amide bonds. The Morgan fingerprint density at radius 2 is 1.60 bits per heavy atom. The van der Waals surface area contributed by atoms with E-state index in [1.807, 2.05) is 40.3 Å². The molecule has 0 radical (unpaired) electrons. The fourth-order valence-corrected chi connectivity index (χ4v) is 10.8. The summed E-state index contributed by atoms with van der Waals surface area (Å²) in [4.78, 5) is 72.5. The van der Waals surface area contributed by atoms with E-state index in [4.69, 9.17) is 9.47 Å². The molecule has 17 heteroatoms. The van der Waals surface area contributed by atoms with Gasteiger partial charge in [-0.05, 0) is 98.6 Å². The van der Waals surface area contributed by atoms with Crippen molar-refractivity contribution in [2.45, 2.75) is 70.1 Å². The van der Waals surface area contributed by atoms with Crippen molar-refractivity contribution < 1.29 is 37.4 Å². The van der Waals surface area contributed by atoms with Crippen molar-refractivity contribution in [3.63, 3.8) is 0 Å². The van der Waals surface area contributed by atoms with Gasteiger partial charge in [0.1, 0.15) is 17.5 Å². The summed E-state index contributed by atoms with van der Waals surface area (Å²) in [6.45, 7) is 4.64. The highest BCUT2D eigenvalue weighted by Gasteiger charge is 2.62. The van der Waals surface area contributed by atoms with E-state index in [2.05, 4.69) is 15.5 Å². The van der Waals surface area contributed by atoms with Crippen LogP contribution in [0.2, 0.25) is 0 Å². The first-order chi connectivity index (χ1) is 30.2.